The van der Waals surface area contributed by atoms with Gasteiger partial charge in [-0.1, -0.05) is 39.0 Å². The van der Waals surface area contributed by atoms with Crippen molar-refractivity contribution < 1.29 is 9.47 Å². The summed E-state index contributed by atoms with van der Waals surface area (Å²) in [6.45, 7) is 10.9. The summed E-state index contributed by atoms with van der Waals surface area (Å²) in [7, 11) is 0. The van der Waals surface area contributed by atoms with Crippen molar-refractivity contribution in [2.45, 2.75) is 39.5 Å². The molecule has 0 saturated carbocycles. The van der Waals surface area contributed by atoms with Crippen molar-refractivity contribution in [1.82, 2.24) is 0 Å². The minimum Gasteiger partial charge on any atom is -0.493 e. The lowest BCUT2D eigenvalue weighted by atomic mass is 9.86. The molecule has 1 aromatic rings. The van der Waals surface area contributed by atoms with Gasteiger partial charge in [-0.25, -0.2) is 0 Å². The molecule has 0 saturated heterocycles. The molecule has 0 spiro atoms. The quantitative estimate of drug-likeness (QED) is 0.700. The molecule has 2 heteroatoms. The third kappa shape index (κ3) is 4.78. The van der Waals surface area contributed by atoms with Crippen molar-refractivity contribution in [3.63, 3.8) is 0 Å². The Morgan fingerprint density at radius 2 is 1.76 bits per heavy atom. The molecule has 0 aliphatic heterocycles. The van der Waals surface area contributed by atoms with Crippen molar-refractivity contribution in [3.8, 4) is 5.75 Å². The molecule has 96 valence electrons. The van der Waals surface area contributed by atoms with E-state index < -0.39 is 0 Å². The molecule has 0 N–H and O–H groups in total. The average molecular weight is 236 g/mol. The molecular formula is C15H24O2. The van der Waals surface area contributed by atoms with Crippen molar-refractivity contribution in [1.29, 1.82) is 0 Å². The van der Waals surface area contributed by atoms with E-state index in [0.29, 0.717) is 6.61 Å². The summed E-state index contributed by atoms with van der Waals surface area (Å²) < 4.78 is 11.1. The van der Waals surface area contributed by atoms with Gasteiger partial charge in [0.15, 0.2) is 0 Å². The number of ether oxygens (including phenoxy) is 2. The Morgan fingerprint density at radius 1 is 1.06 bits per heavy atom. The second kappa shape index (κ2) is 6.65. The highest BCUT2D eigenvalue weighted by molar-refractivity contribution is 5.38. The maximum absolute atomic E-state index is 5.83. The van der Waals surface area contributed by atoms with Crippen LogP contribution in [0.2, 0.25) is 0 Å². The third-order valence-electron chi connectivity index (χ3n) is 2.59. The largest absolute Gasteiger partial charge is 0.493 e. The van der Waals surface area contributed by atoms with Crippen LogP contribution in [0.15, 0.2) is 24.3 Å². The molecular weight excluding hydrogens is 212 g/mol. The van der Waals surface area contributed by atoms with Gasteiger partial charge >= 0.3 is 0 Å². The van der Waals surface area contributed by atoms with Crippen molar-refractivity contribution >= 4 is 0 Å². The Morgan fingerprint density at radius 3 is 2.41 bits per heavy atom. The minimum absolute atomic E-state index is 0.122. The van der Waals surface area contributed by atoms with Crippen LogP contribution in [-0.2, 0) is 10.2 Å². The van der Waals surface area contributed by atoms with E-state index in [1.54, 1.807) is 0 Å². The third-order valence-corrected chi connectivity index (χ3v) is 2.59. The Hall–Kier alpha value is -1.02. The summed E-state index contributed by atoms with van der Waals surface area (Å²) in [5.74, 6) is 0.997. The van der Waals surface area contributed by atoms with E-state index in [2.05, 4.69) is 32.9 Å². The SMILES string of the molecule is CCOCCCOc1ccccc1C(C)(C)C. The van der Waals surface area contributed by atoms with Crippen molar-refractivity contribution in [2.75, 3.05) is 19.8 Å². The highest BCUT2D eigenvalue weighted by atomic mass is 16.5. The molecule has 1 rings (SSSR count). The molecule has 0 heterocycles. The molecule has 0 aliphatic rings. The number of hydrogen-bond donors (Lipinski definition) is 0. The Kier molecular flexibility index (Phi) is 5.49. The van der Waals surface area contributed by atoms with Gasteiger partial charge in [0, 0.05) is 19.6 Å². The van der Waals surface area contributed by atoms with Gasteiger partial charge in [0.1, 0.15) is 5.75 Å². The highest BCUT2D eigenvalue weighted by Gasteiger charge is 2.17. The zero-order valence-electron chi connectivity index (χ0n) is 11.5. The fourth-order valence-corrected chi connectivity index (χ4v) is 1.70. The predicted molar refractivity (Wildman–Crippen MR) is 71.7 cm³/mol. The molecule has 0 unspecified atom stereocenters. The Bertz CT molecular complexity index is 326. The van der Waals surface area contributed by atoms with Crippen LogP contribution < -0.4 is 4.74 Å². The standard InChI is InChI=1S/C15H24O2/c1-5-16-11-8-12-17-14-10-7-6-9-13(14)15(2,3)4/h6-7,9-10H,5,8,11-12H2,1-4H3. The summed E-state index contributed by atoms with van der Waals surface area (Å²) in [6, 6.07) is 8.26. The fourth-order valence-electron chi connectivity index (χ4n) is 1.70. The van der Waals surface area contributed by atoms with Gasteiger partial charge < -0.3 is 9.47 Å². The molecule has 0 atom stereocenters. The van der Waals surface area contributed by atoms with E-state index in [-0.39, 0.29) is 5.41 Å². The summed E-state index contributed by atoms with van der Waals surface area (Å²) in [5.41, 5.74) is 1.38. The number of rotatable bonds is 6. The first-order chi connectivity index (χ1) is 8.05. The van der Waals surface area contributed by atoms with Gasteiger partial charge in [-0.05, 0) is 24.0 Å². The zero-order valence-corrected chi connectivity index (χ0v) is 11.5. The average Bonchev–Trinajstić information content (AvgIpc) is 2.28. The van der Waals surface area contributed by atoms with Gasteiger partial charge in [-0.15, -0.1) is 0 Å². The first-order valence-electron chi connectivity index (χ1n) is 6.35. The van der Waals surface area contributed by atoms with E-state index in [0.717, 1.165) is 25.4 Å². The Balaban J connectivity index is 2.53. The van der Waals surface area contributed by atoms with Gasteiger partial charge in [-0.3, -0.25) is 0 Å². The van der Waals surface area contributed by atoms with E-state index in [1.807, 2.05) is 19.1 Å². The maximum Gasteiger partial charge on any atom is 0.123 e. The summed E-state index contributed by atoms with van der Waals surface area (Å²) in [4.78, 5) is 0. The summed E-state index contributed by atoms with van der Waals surface area (Å²) >= 11 is 0. The summed E-state index contributed by atoms with van der Waals surface area (Å²) in [5, 5.41) is 0. The first-order valence-corrected chi connectivity index (χ1v) is 6.35. The molecule has 17 heavy (non-hydrogen) atoms. The van der Waals surface area contributed by atoms with E-state index in [9.17, 15) is 0 Å². The molecule has 2 nitrogen and oxygen atoms in total. The molecule has 0 radical (unpaired) electrons. The number of benzene rings is 1. The smallest absolute Gasteiger partial charge is 0.123 e. The van der Waals surface area contributed by atoms with Crippen LogP contribution in [0.3, 0.4) is 0 Å². The molecule has 0 fully saturated rings. The molecule has 0 aliphatic carbocycles. The van der Waals surface area contributed by atoms with Crippen molar-refractivity contribution in [2.24, 2.45) is 0 Å². The van der Waals surface area contributed by atoms with Crippen LogP contribution in [0, 0.1) is 0 Å². The van der Waals surface area contributed by atoms with Gasteiger partial charge in [0.05, 0.1) is 6.61 Å². The van der Waals surface area contributed by atoms with Crippen LogP contribution in [0.1, 0.15) is 39.7 Å². The number of hydrogen-bond acceptors (Lipinski definition) is 2. The first kappa shape index (κ1) is 14.0. The molecule has 1 aromatic carbocycles. The lowest BCUT2D eigenvalue weighted by molar-refractivity contribution is 0.130. The lowest BCUT2D eigenvalue weighted by Crippen LogP contribution is -2.14. The normalized spacial score (nSPS) is 11.5. The van der Waals surface area contributed by atoms with Gasteiger partial charge in [0.25, 0.3) is 0 Å². The minimum atomic E-state index is 0.122. The highest BCUT2D eigenvalue weighted by Crippen LogP contribution is 2.30. The van der Waals surface area contributed by atoms with Crippen LogP contribution in [0.5, 0.6) is 5.75 Å². The fraction of sp³-hybridized carbons (Fsp3) is 0.600. The van der Waals surface area contributed by atoms with Crippen LogP contribution >= 0.6 is 0 Å². The Labute approximate surface area is 105 Å². The molecule has 0 bridgehead atoms. The van der Waals surface area contributed by atoms with Crippen molar-refractivity contribution in [3.05, 3.63) is 29.8 Å². The van der Waals surface area contributed by atoms with Crippen LogP contribution in [0.25, 0.3) is 0 Å². The van der Waals surface area contributed by atoms with E-state index >= 15 is 0 Å². The lowest BCUT2D eigenvalue weighted by Gasteiger charge is -2.22. The van der Waals surface area contributed by atoms with Crippen LogP contribution in [-0.4, -0.2) is 19.8 Å². The second-order valence-electron chi connectivity index (χ2n) is 5.15. The van der Waals surface area contributed by atoms with E-state index in [4.69, 9.17) is 9.47 Å². The zero-order chi connectivity index (χ0) is 12.7. The van der Waals surface area contributed by atoms with Gasteiger partial charge in [0.2, 0.25) is 0 Å². The van der Waals surface area contributed by atoms with Crippen LogP contribution in [0.4, 0.5) is 0 Å². The topological polar surface area (TPSA) is 18.5 Å². The predicted octanol–water partition coefficient (Wildman–Crippen LogP) is 3.79. The molecule has 0 aromatic heterocycles. The monoisotopic (exact) mass is 236 g/mol. The maximum atomic E-state index is 5.83. The second-order valence-corrected chi connectivity index (χ2v) is 5.15. The summed E-state index contributed by atoms with van der Waals surface area (Å²) in [6.07, 6.45) is 0.937. The number of para-hydroxylation sites is 1. The molecule has 0 amide bonds. The van der Waals surface area contributed by atoms with E-state index in [1.165, 1.54) is 5.56 Å². The van der Waals surface area contributed by atoms with Gasteiger partial charge in [-0.2, -0.15) is 0 Å².